The van der Waals surface area contributed by atoms with E-state index in [0.29, 0.717) is 11.9 Å². The Hall–Kier alpha value is -0.380. The summed E-state index contributed by atoms with van der Waals surface area (Å²) in [5.74, 6) is 0.179. The van der Waals surface area contributed by atoms with Crippen LogP contribution in [0, 0.1) is 5.41 Å². The summed E-state index contributed by atoms with van der Waals surface area (Å²) in [7, 11) is 0. The summed E-state index contributed by atoms with van der Waals surface area (Å²) in [6.07, 6.45) is 5.23. The first-order chi connectivity index (χ1) is 7.10. The fourth-order valence-electron chi connectivity index (χ4n) is 2.22. The van der Waals surface area contributed by atoms with Crippen LogP contribution in [0.25, 0.3) is 0 Å². The quantitative estimate of drug-likeness (QED) is 0.799. The van der Waals surface area contributed by atoms with Crippen molar-refractivity contribution in [1.82, 2.24) is 5.32 Å². The molecule has 0 aliphatic heterocycles. The van der Waals surface area contributed by atoms with Gasteiger partial charge in [0.05, 0.1) is 5.33 Å². The van der Waals surface area contributed by atoms with Gasteiger partial charge in [-0.05, 0) is 12.8 Å². The molecule has 0 aromatic carbocycles. The molecule has 0 atom stereocenters. The molecule has 1 rings (SSSR count). The SMILES string of the molecule is CC(=O)NCC1(C(=O)CBr)CCCCC1. The molecule has 0 aromatic rings. The van der Waals surface area contributed by atoms with E-state index in [1.807, 2.05) is 0 Å². The first kappa shape index (κ1) is 12.7. The maximum Gasteiger partial charge on any atom is 0.216 e. The molecule has 1 saturated carbocycles. The van der Waals surface area contributed by atoms with Gasteiger partial charge in [-0.1, -0.05) is 35.2 Å². The molecule has 15 heavy (non-hydrogen) atoms. The lowest BCUT2D eigenvalue weighted by Crippen LogP contribution is -2.44. The molecule has 0 aromatic heterocycles. The van der Waals surface area contributed by atoms with Crippen molar-refractivity contribution in [2.45, 2.75) is 39.0 Å². The molecule has 1 amide bonds. The zero-order valence-electron chi connectivity index (χ0n) is 9.14. The fourth-order valence-corrected chi connectivity index (χ4v) is 2.81. The molecule has 1 aliphatic carbocycles. The summed E-state index contributed by atoms with van der Waals surface area (Å²) in [5.41, 5.74) is -0.298. The molecule has 0 unspecified atom stereocenters. The summed E-state index contributed by atoms with van der Waals surface area (Å²) < 4.78 is 0. The Bertz CT molecular complexity index is 247. The van der Waals surface area contributed by atoms with Crippen molar-refractivity contribution in [3.8, 4) is 0 Å². The molecule has 0 spiro atoms. The molecular formula is C11H18BrNO2. The second-order valence-electron chi connectivity index (χ2n) is 4.31. The zero-order valence-corrected chi connectivity index (χ0v) is 10.7. The van der Waals surface area contributed by atoms with Crippen molar-refractivity contribution in [2.24, 2.45) is 5.41 Å². The standard InChI is InChI=1S/C11H18BrNO2/c1-9(14)13-8-11(10(15)7-12)5-3-2-4-6-11/h2-8H2,1H3,(H,13,14). The minimum absolute atomic E-state index is 0.0534. The summed E-state index contributed by atoms with van der Waals surface area (Å²) >= 11 is 3.23. The van der Waals surface area contributed by atoms with Crippen LogP contribution in [-0.4, -0.2) is 23.6 Å². The van der Waals surface area contributed by atoms with Crippen molar-refractivity contribution < 1.29 is 9.59 Å². The first-order valence-corrected chi connectivity index (χ1v) is 6.56. The highest BCUT2D eigenvalue weighted by atomic mass is 79.9. The number of Topliss-reactive ketones (excluding diaryl/α,β-unsaturated/α-hetero) is 1. The van der Waals surface area contributed by atoms with Gasteiger partial charge < -0.3 is 5.32 Å². The Morgan fingerprint density at radius 2 is 1.87 bits per heavy atom. The Morgan fingerprint density at radius 1 is 1.27 bits per heavy atom. The van der Waals surface area contributed by atoms with Gasteiger partial charge in [0.25, 0.3) is 0 Å². The van der Waals surface area contributed by atoms with Gasteiger partial charge in [-0.3, -0.25) is 9.59 Å². The van der Waals surface area contributed by atoms with Crippen molar-refractivity contribution in [2.75, 3.05) is 11.9 Å². The van der Waals surface area contributed by atoms with Crippen LogP contribution in [0.3, 0.4) is 0 Å². The van der Waals surface area contributed by atoms with Gasteiger partial charge in [0.1, 0.15) is 0 Å². The Morgan fingerprint density at radius 3 is 2.33 bits per heavy atom. The van der Waals surface area contributed by atoms with Crippen molar-refractivity contribution >= 4 is 27.6 Å². The minimum atomic E-state index is -0.298. The van der Waals surface area contributed by atoms with Crippen molar-refractivity contribution in [3.63, 3.8) is 0 Å². The van der Waals surface area contributed by atoms with Crippen LogP contribution in [0.2, 0.25) is 0 Å². The zero-order chi connectivity index (χ0) is 11.3. The van der Waals surface area contributed by atoms with Gasteiger partial charge in [-0.25, -0.2) is 0 Å². The lowest BCUT2D eigenvalue weighted by molar-refractivity contribution is -0.128. The van der Waals surface area contributed by atoms with Crippen LogP contribution in [0.4, 0.5) is 0 Å². The maximum atomic E-state index is 11.9. The molecule has 1 fully saturated rings. The molecule has 0 radical (unpaired) electrons. The molecule has 3 nitrogen and oxygen atoms in total. The van der Waals surface area contributed by atoms with Crippen LogP contribution in [0.15, 0.2) is 0 Å². The van der Waals surface area contributed by atoms with Crippen LogP contribution in [0.5, 0.6) is 0 Å². The normalized spacial score (nSPS) is 19.6. The number of carbonyl (C=O) groups is 2. The average molecular weight is 276 g/mol. The molecule has 0 saturated heterocycles. The van der Waals surface area contributed by atoms with Crippen LogP contribution in [-0.2, 0) is 9.59 Å². The number of halogens is 1. The topological polar surface area (TPSA) is 46.2 Å². The van der Waals surface area contributed by atoms with E-state index < -0.39 is 0 Å². The number of hydrogen-bond acceptors (Lipinski definition) is 2. The minimum Gasteiger partial charge on any atom is -0.355 e. The highest BCUT2D eigenvalue weighted by molar-refractivity contribution is 9.09. The Kier molecular flexibility index (Phi) is 4.77. The molecule has 4 heteroatoms. The number of carbonyl (C=O) groups excluding carboxylic acids is 2. The van der Waals surface area contributed by atoms with E-state index in [0.717, 1.165) is 25.7 Å². The third kappa shape index (κ3) is 3.30. The highest BCUT2D eigenvalue weighted by Crippen LogP contribution is 2.37. The molecule has 1 aliphatic rings. The largest absolute Gasteiger partial charge is 0.355 e. The molecule has 86 valence electrons. The average Bonchev–Trinajstić information content (AvgIpc) is 2.26. The summed E-state index contributed by atoms with van der Waals surface area (Å²) in [5, 5.41) is 3.19. The van der Waals surface area contributed by atoms with Crippen LogP contribution >= 0.6 is 15.9 Å². The van der Waals surface area contributed by atoms with E-state index in [1.54, 1.807) is 0 Å². The van der Waals surface area contributed by atoms with E-state index in [2.05, 4.69) is 21.2 Å². The number of ketones is 1. The third-order valence-electron chi connectivity index (χ3n) is 3.20. The Labute approximate surface area is 99.1 Å². The van der Waals surface area contributed by atoms with E-state index in [1.165, 1.54) is 13.3 Å². The maximum absolute atomic E-state index is 11.9. The van der Waals surface area contributed by atoms with E-state index in [-0.39, 0.29) is 17.1 Å². The number of amides is 1. The van der Waals surface area contributed by atoms with E-state index in [4.69, 9.17) is 0 Å². The van der Waals surface area contributed by atoms with Crippen LogP contribution in [0.1, 0.15) is 39.0 Å². The summed E-state index contributed by atoms with van der Waals surface area (Å²) in [6, 6.07) is 0. The molecule has 0 heterocycles. The molecular weight excluding hydrogens is 258 g/mol. The number of hydrogen-bond donors (Lipinski definition) is 1. The summed E-state index contributed by atoms with van der Waals surface area (Å²) in [4.78, 5) is 22.8. The van der Waals surface area contributed by atoms with Gasteiger partial charge in [0, 0.05) is 18.9 Å². The number of alkyl halides is 1. The van der Waals surface area contributed by atoms with Gasteiger partial charge in [-0.2, -0.15) is 0 Å². The third-order valence-corrected chi connectivity index (χ3v) is 3.71. The predicted molar refractivity (Wildman–Crippen MR) is 63.0 cm³/mol. The monoisotopic (exact) mass is 275 g/mol. The lowest BCUT2D eigenvalue weighted by Gasteiger charge is -2.35. The lowest BCUT2D eigenvalue weighted by atomic mass is 9.71. The van der Waals surface area contributed by atoms with E-state index >= 15 is 0 Å². The number of nitrogens with one attached hydrogen (secondary N) is 1. The van der Waals surface area contributed by atoms with Gasteiger partial charge in [-0.15, -0.1) is 0 Å². The molecule has 1 N–H and O–H groups in total. The molecule has 0 bridgehead atoms. The van der Waals surface area contributed by atoms with Gasteiger partial charge >= 0.3 is 0 Å². The van der Waals surface area contributed by atoms with Crippen molar-refractivity contribution in [3.05, 3.63) is 0 Å². The van der Waals surface area contributed by atoms with Crippen molar-refractivity contribution in [1.29, 1.82) is 0 Å². The van der Waals surface area contributed by atoms with Gasteiger partial charge in [0.15, 0.2) is 5.78 Å². The number of rotatable bonds is 4. The van der Waals surface area contributed by atoms with Gasteiger partial charge in [0.2, 0.25) is 5.91 Å². The summed E-state index contributed by atoms with van der Waals surface area (Å²) in [6.45, 7) is 2.00. The second kappa shape index (κ2) is 5.64. The predicted octanol–water partition coefficient (Wildman–Crippen LogP) is 2.04. The second-order valence-corrected chi connectivity index (χ2v) is 4.87. The smallest absolute Gasteiger partial charge is 0.216 e. The van der Waals surface area contributed by atoms with E-state index in [9.17, 15) is 9.59 Å². The first-order valence-electron chi connectivity index (χ1n) is 5.44. The fraction of sp³-hybridized carbons (Fsp3) is 0.818. The Balaban J connectivity index is 2.66. The van der Waals surface area contributed by atoms with Crippen LogP contribution < -0.4 is 5.32 Å². The highest BCUT2D eigenvalue weighted by Gasteiger charge is 2.38.